The summed E-state index contributed by atoms with van der Waals surface area (Å²) in [6, 6.07) is 4.78. The van der Waals surface area contributed by atoms with Crippen molar-refractivity contribution in [3.05, 3.63) is 67.8 Å². The second kappa shape index (κ2) is 15.2. The molecule has 1 saturated heterocycles. The van der Waals surface area contributed by atoms with Crippen LogP contribution in [0.25, 0.3) is 0 Å². The Labute approximate surface area is 240 Å². The molecular weight excluding hydrogens is 554 g/mol. The highest BCUT2D eigenvalue weighted by Crippen LogP contribution is 2.37. The van der Waals surface area contributed by atoms with Gasteiger partial charge in [0.25, 0.3) is 11.4 Å². The van der Waals surface area contributed by atoms with E-state index in [-0.39, 0.29) is 59.4 Å². The number of morpholine rings is 1. The van der Waals surface area contributed by atoms with Crippen molar-refractivity contribution in [1.29, 1.82) is 0 Å². The molecule has 0 atom stereocenters. The summed E-state index contributed by atoms with van der Waals surface area (Å²) in [5, 5.41) is 29.2. The van der Waals surface area contributed by atoms with E-state index in [0.29, 0.717) is 19.6 Å². The molecule has 2 aromatic carbocycles. The smallest absolute Gasteiger partial charge is 0.296 e. The SMILES string of the molecule is COc1cc(C(N)=O)cc([N+](=O)[O-])c1NCC=CCNc1c(OCCCN2CCOCC2)cc(C(N)=O)cc1[N+](=O)[O-]. The van der Waals surface area contributed by atoms with E-state index in [1.54, 1.807) is 12.2 Å². The molecule has 0 aromatic heterocycles. The quantitative estimate of drug-likeness (QED) is 0.0955. The standard InChI is InChI=1S/C26H33N7O9/c1-40-21-15-17(25(27)34)13-19(32(36)37)23(21)29-5-2-3-6-30-24-20(33(38)39)14-18(26(28)35)16-22(24)42-10-4-7-31-8-11-41-12-9-31/h2-3,13-16,29-30H,4-12H2,1H3,(H2,27,34)(H2,28,35). The van der Waals surface area contributed by atoms with E-state index < -0.39 is 27.3 Å². The molecule has 1 aliphatic heterocycles. The number of nitro groups is 2. The monoisotopic (exact) mass is 587 g/mol. The van der Waals surface area contributed by atoms with Crippen LogP contribution in [0, 0.1) is 20.2 Å². The van der Waals surface area contributed by atoms with Gasteiger partial charge in [0.05, 0.1) is 36.8 Å². The molecule has 6 N–H and O–H groups in total. The van der Waals surface area contributed by atoms with Crippen LogP contribution in [0.4, 0.5) is 22.7 Å². The van der Waals surface area contributed by atoms with Crippen LogP contribution in [0.15, 0.2) is 36.4 Å². The Morgan fingerprint density at radius 2 is 1.43 bits per heavy atom. The molecule has 0 radical (unpaired) electrons. The van der Waals surface area contributed by atoms with E-state index >= 15 is 0 Å². The van der Waals surface area contributed by atoms with Crippen LogP contribution in [0.3, 0.4) is 0 Å². The number of carbonyl (C=O) groups is 2. The van der Waals surface area contributed by atoms with Gasteiger partial charge in [0.15, 0.2) is 11.4 Å². The zero-order chi connectivity index (χ0) is 30.6. The van der Waals surface area contributed by atoms with Gasteiger partial charge < -0.3 is 36.3 Å². The van der Waals surface area contributed by atoms with Gasteiger partial charge in [-0.15, -0.1) is 0 Å². The molecule has 42 heavy (non-hydrogen) atoms. The van der Waals surface area contributed by atoms with E-state index in [0.717, 1.165) is 31.8 Å². The number of hydrogen-bond acceptors (Lipinski definition) is 12. The van der Waals surface area contributed by atoms with Crippen molar-refractivity contribution >= 4 is 34.6 Å². The molecule has 0 spiro atoms. The normalized spacial score (nSPS) is 13.5. The molecule has 16 nitrogen and oxygen atoms in total. The third kappa shape index (κ3) is 8.52. The summed E-state index contributed by atoms with van der Waals surface area (Å²) >= 11 is 0. The minimum atomic E-state index is -0.840. The summed E-state index contributed by atoms with van der Waals surface area (Å²) in [7, 11) is 1.30. The van der Waals surface area contributed by atoms with Crippen LogP contribution in [-0.4, -0.2) is 86.2 Å². The maximum absolute atomic E-state index is 11.8. The zero-order valence-corrected chi connectivity index (χ0v) is 23.0. The Morgan fingerprint density at radius 1 is 0.929 bits per heavy atom. The largest absolute Gasteiger partial charge is 0.494 e. The van der Waals surface area contributed by atoms with Crippen molar-refractivity contribution < 1.29 is 33.6 Å². The number of nitrogens with zero attached hydrogens (tertiary/aromatic N) is 3. The van der Waals surface area contributed by atoms with E-state index in [1.807, 2.05) is 0 Å². The molecule has 1 heterocycles. The fourth-order valence-electron chi connectivity index (χ4n) is 4.19. The number of rotatable bonds is 16. The number of nitrogens with one attached hydrogen (secondary N) is 2. The number of ether oxygens (including phenoxy) is 3. The van der Waals surface area contributed by atoms with Crippen LogP contribution in [-0.2, 0) is 4.74 Å². The van der Waals surface area contributed by atoms with Crippen molar-refractivity contribution in [3.8, 4) is 11.5 Å². The van der Waals surface area contributed by atoms with Crippen LogP contribution in [0.5, 0.6) is 11.5 Å². The predicted molar refractivity (Wildman–Crippen MR) is 153 cm³/mol. The first-order chi connectivity index (χ1) is 20.1. The highest BCUT2D eigenvalue weighted by atomic mass is 16.6. The fraction of sp³-hybridized carbons (Fsp3) is 0.385. The number of primary amides is 2. The number of carbonyl (C=O) groups excluding carboxylic acids is 2. The molecule has 0 aliphatic carbocycles. The van der Waals surface area contributed by atoms with Gasteiger partial charge in [-0.05, 0) is 18.6 Å². The number of anilines is 2. The Morgan fingerprint density at radius 3 is 1.90 bits per heavy atom. The summed E-state index contributed by atoms with van der Waals surface area (Å²) in [6.45, 7) is 4.19. The predicted octanol–water partition coefficient (Wildman–Crippen LogP) is 1.89. The Bertz CT molecular complexity index is 1340. The topological polar surface area (TPSA) is 227 Å². The first-order valence-corrected chi connectivity index (χ1v) is 13.0. The highest BCUT2D eigenvalue weighted by Gasteiger charge is 2.23. The number of nitrogens with two attached hydrogens (primary N) is 2. The zero-order valence-electron chi connectivity index (χ0n) is 23.0. The molecule has 0 saturated carbocycles. The van der Waals surface area contributed by atoms with E-state index in [2.05, 4.69) is 15.5 Å². The van der Waals surface area contributed by atoms with Gasteiger partial charge in [-0.25, -0.2) is 0 Å². The van der Waals surface area contributed by atoms with Crippen molar-refractivity contribution in [2.45, 2.75) is 6.42 Å². The summed E-state index contributed by atoms with van der Waals surface area (Å²) < 4.78 is 16.4. The summed E-state index contributed by atoms with van der Waals surface area (Å²) in [4.78, 5) is 47.6. The number of nitro benzene ring substituents is 2. The van der Waals surface area contributed by atoms with Gasteiger partial charge in [0.2, 0.25) is 11.8 Å². The molecule has 2 amide bonds. The highest BCUT2D eigenvalue weighted by molar-refractivity contribution is 5.96. The summed E-state index contributed by atoms with van der Waals surface area (Å²) in [6.07, 6.45) is 3.91. The number of amides is 2. The maximum Gasteiger partial charge on any atom is 0.296 e. The van der Waals surface area contributed by atoms with Crippen molar-refractivity contribution in [3.63, 3.8) is 0 Å². The number of methoxy groups -OCH3 is 1. The van der Waals surface area contributed by atoms with Crippen LogP contribution >= 0.6 is 0 Å². The molecule has 0 bridgehead atoms. The third-order valence-corrected chi connectivity index (χ3v) is 6.29. The Balaban J connectivity index is 1.69. The number of hydrogen-bond donors (Lipinski definition) is 4. The average molecular weight is 588 g/mol. The van der Waals surface area contributed by atoms with Crippen molar-refractivity contribution in [2.75, 3.05) is 70.3 Å². The summed E-state index contributed by atoms with van der Waals surface area (Å²) in [5.74, 6) is -1.50. The molecule has 0 unspecified atom stereocenters. The lowest BCUT2D eigenvalue weighted by Gasteiger charge is -2.26. The first kappa shape index (κ1) is 31.6. The van der Waals surface area contributed by atoms with E-state index in [9.17, 15) is 29.8 Å². The Hall–Kier alpha value is -4.96. The minimum Gasteiger partial charge on any atom is -0.494 e. The van der Waals surface area contributed by atoms with Gasteiger partial charge in [0, 0.05) is 56.0 Å². The minimum absolute atomic E-state index is 0.0514. The maximum atomic E-state index is 11.8. The lowest BCUT2D eigenvalue weighted by molar-refractivity contribution is -0.384. The summed E-state index contributed by atoms with van der Waals surface area (Å²) in [5.41, 5.74) is 9.85. The molecule has 226 valence electrons. The first-order valence-electron chi connectivity index (χ1n) is 13.0. The van der Waals surface area contributed by atoms with Crippen LogP contribution in [0.1, 0.15) is 27.1 Å². The van der Waals surface area contributed by atoms with Crippen LogP contribution < -0.4 is 31.6 Å². The molecule has 1 aliphatic rings. The lowest BCUT2D eigenvalue weighted by Crippen LogP contribution is -2.37. The second-order valence-corrected chi connectivity index (χ2v) is 9.07. The van der Waals surface area contributed by atoms with Gasteiger partial charge in [-0.2, -0.15) is 0 Å². The fourth-order valence-corrected chi connectivity index (χ4v) is 4.19. The lowest BCUT2D eigenvalue weighted by atomic mass is 10.1. The van der Waals surface area contributed by atoms with Crippen molar-refractivity contribution in [1.82, 2.24) is 4.90 Å². The van der Waals surface area contributed by atoms with Gasteiger partial charge >= 0.3 is 0 Å². The molecule has 1 fully saturated rings. The second-order valence-electron chi connectivity index (χ2n) is 9.07. The van der Waals surface area contributed by atoms with Crippen molar-refractivity contribution in [2.24, 2.45) is 11.5 Å². The van der Waals surface area contributed by atoms with E-state index in [1.165, 1.54) is 19.2 Å². The Kier molecular flexibility index (Phi) is 11.4. The molecule has 3 rings (SSSR count). The molecule has 2 aromatic rings. The third-order valence-electron chi connectivity index (χ3n) is 6.29. The van der Waals surface area contributed by atoms with Crippen LogP contribution in [0.2, 0.25) is 0 Å². The van der Waals surface area contributed by atoms with Gasteiger partial charge in [0.1, 0.15) is 11.5 Å². The van der Waals surface area contributed by atoms with E-state index in [4.69, 9.17) is 25.7 Å². The van der Waals surface area contributed by atoms with Gasteiger partial charge in [-0.3, -0.25) is 34.7 Å². The number of benzene rings is 2. The molecular formula is C26H33N7O9. The average Bonchev–Trinajstić information content (AvgIpc) is 2.97. The van der Waals surface area contributed by atoms with Gasteiger partial charge in [-0.1, -0.05) is 12.2 Å². The molecule has 16 heteroatoms.